The predicted octanol–water partition coefficient (Wildman–Crippen LogP) is 2.47. The normalized spacial score (nSPS) is 18.6. The van der Waals surface area contributed by atoms with Crippen molar-refractivity contribution >= 4 is 17.3 Å². The lowest BCUT2D eigenvalue weighted by Gasteiger charge is -2.23. The molecule has 0 aromatic heterocycles. The quantitative estimate of drug-likeness (QED) is 0.867. The number of piperidine rings is 1. The summed E-state index contributed by atoms with van der Waals surface area (Å²) in [5, 5.41) is 6.29. The Morgan fingerprint density at radius 1 is 1.30 bits per heavy atom. The lowest BCUT2D eigenvalue weighted by atomic mass is 9.99. The number of rotatable bonds is 5. The van der Waals surface area contributed by atoms with Crippen molar-refractivity contribution in [2.24, 2.45) is 5.92 Å². The number of anilines is 2. The molecule has 1 aromatic rings. The first-order chi connectivity index (χ1) is 9.74. The Bertz CT molecular complexity index is 420. The fourth-order valence-corrected chi connectivity index (χ4v) is 2.66. The summed E-state index contributed by atoms with van der Waals surface area (Å²) in [5.41, 5.74) is 2.09. The van der Waals surface area contributed by atoms with Gasteiger partial charge in [-0.25, -0.2) is 0 Å². The SMILES string of the molecule is CCN(CC)c1ccc(NC(=O)[C@H]2CCCNC2)cc1. The lowest BCUT2D eigenvalue weighted by Crippen LogP contribution is -2.37. The standard InChI is InChI=1S/C16H25N3O/c1-3-19(4-2)15-9-7-14(8-10-15)18-16(20)13-6-5-11-17-12-13/h7-10,13,17H,3-6,11-12H2,1-2H3,(H,18,20)/t13-/m0/s1. The van der Waals surface area contributed by atoms with Gasteiger partial charge in [-0.05, 0) is 57.5 Å². The van der Waals surface area contributed by atoms with Crippen LogP contribution in [0.2, 0.25) is 0 Å². The number of nitrogens with one attached hydrogen (secondary N) is 2. The van der Waals surface area contributed by atoms with Gasteiger partial charge >= 0.3 is 0 Å². The summed E-state index contributed by atoms with van der Waals surface area (Å²) in [7, 11) is 0. The van der Waals surface area contributed by atoms with Crippen LogP contribution in [0.15, 0.2) is 24.3 Å². The van der Waals surface area contributed by atoms with Gasteiger partial charge in [-0.3, -0.25) is 4.79 Å². The summed E-state index contributed by atoms with van der Waals surface area (Å²) >= 11 is 0. The topological polar surface area (TPSA) is 44.4 Å². The molecule has 0 unspecified atom stereocenters. The van der Waals surface area contributed by atoms with E-state index in [0.717, 1.165) is 44.7 Å². The Labute approximate surface area is 121 Å². The first kappa shape index (κ1) is 14.9. The van der Waals surface area contributed by atoms with Crippen LogP contribution in [0.25, 0.3) is 0 Å². The third-order valence-corrected chi connectivity index (χ3v) is 3.93. The van der Waals surface area contributed by atoms with Gasteiger partial charge in [0.1, 0.15) is 0 Å². The Balaban J connectivity index is 1.94. The molecule has 0 bridgehead atoms. The molecule has 4 heteroatoms. The lowest BCUT2D eigenvalue weighted by molar-refractivity contribution is -0.120. The molecule has 1 fully saturated rings. The predicted molar refractivity (Wildman–Crippen MR) is 84.2 cm³/mol. The zero-order valence-electron chi connectivity index (χ0n) is 12.5. The van der Waals surface area contributed by atoms with E-state index in [1.54, 1.807) is 0 Å². The van der Waals surface area contributed by atoms with Gasteiger partial charge in [0.05, 0.1) is 5.92 Å². The summed E-state index contributed by atoms with van der Waals surface area (Å²) in [6, 6.07) is 8.12. The van der Waals surface area contributed by atoms with Gasteiger partial charge in [0.2, 0.25) is 5.91 Å². The van der Waals surface area contributed by atoms with Crippen molar-refractivity contribution in [3.8, 4) is 0 Å². The number of carbonyl (C=O) groups excluding carboxylic acids is 1. The van der Waals surface area contributed by atoms with Crippen molar-refractivity contribution in [1.82, 2.24) is 5.32 Å². The maximum absolute atomic E-state index is 12.1. The minimum absolute atomic E-state index is 0.103. The highest BCUT2D eigenvalue weighted by atomic mass is 16.1. The Hall–Kier alpha value is -1.55. The molecule has 20 heavy (non-hydrogen) atoms. The largest absolute Gasteiger partial charge is 0.372 e. The monoisotopic (exact) mass is 275 g/mol. The van der Waals surface area contributed by atoms with Gasteiger partial charge in [0.25, 0.3) is 0 Å². The molecule has 0 spiro atoms. The molecule has 0 aliphatic carbocycles. The van der Waals surface area contributed by atoms with Crippen molar-refractivity contribution in [2.45, 2.75) is 26.7 Å². The fourth-order valence-electron chi connectivity index (χ4n) is 2.66. The summed E-state index contributed by atoms with van der Waals surface area (Å²) in [5.74, 6) is 0.235. The van der Waals surface area contributed by atoms with Crippen molar-refractivity contribution in [3.05, 3.63) is 24.3 Å². The van der Waals surface area contributed by atoms with Crippen LogP contribution in [0.3, 0.4) is 0 Å². The van der Waals surface area contributed by atoms with Crippen LogP contribution < -0.4 is 15.5 Å². The van der Waals surface area contributed by atoms with Gasteiger partial charge in [-0.2, -0.15) is 0 Å². The first-order valence-corrected chi connectivity index (χ1v) is 7.61. The van der Waals surface area contributed by atoms with Gasteiger partial charge in [-0.1, -0.05) is 0 Å². The highest BCUT2D eigenvalue weighted by Gasteiger charge is 2.20. The van der Waals surface area contributed by atoms with Crippen LogP contribution in [-0.4, -0.2) is 32.1 Å². The van der Waals surface area contributed by atoms with Gasteiger partial charge in [-0.15, -0.1) is 0 Å². The Morgan fingerprint density at radius 3 is 2.55 bits per heavy atom. The van der Waals surface area contributed by atoms with Crippen LogP contribution in [0.5, 0.6) is 0 Å². The van der Waals surface area contributed by atoms with Crippen molar-refractivity contribution < 1.29 is 4.79 Å². The molecule has 0 radical (unpaired) electrons. The highest BCUT2D eigenvalue weighted by Crippen LogP contribution is 2.19. The first-order valence-electron chi connectivity index (χ1n) is 7.61. The second-order valence-electron chi connectivity index (χ2n) is 5.25. The maximum Gasteiger partial charge on any atom is 0.228 e. The molecule has 1 heterocycles. The summed E-state index contributed by atoms with van der Waals surface area (Å²) in [6.45, 7) is 8.11. The number of nitrogens with zero attached hydrogens (tertiary/aromatic N) is 1. The average molecular weight is 275 g/mol. The Morgan fingerprint density at radius 2 is 2.00 bits per heavy atom. The molecule has 2 rings (SSSR count). The van der Waals surface area contributed by atoms with Crippen molar-refractivity contribution in [2.75, 3.05) is 36.4 Å². The van der Waals surface area contributed by atoms with E-state index in [4.69, 9.17) is 0 Å². The van der Waals surface area contributed by atoms with Crippen molar-refractivity contribution in [3.63, 3.8) is 0 Å². The molecule has 1 amide bonds. The molecular formula is C16H25N3O. The molecule has 2 N–H and O–H groups in total. The number of benzene rings is 1. The molecule has 1 atom stereocenters. The number of hydrogen-bond donors (Lipinski definition) is 2. The zero-order valence-corrected chi connectivity index (χ0v) is 12.5. The molecule has 1 aromatic carbocycles. The van der Waals surface area contributed by atoms with E-state index < -0.39 is 0 Å². The molecule has 1 aliphatic heterocycles. The Kier molecular flexibility index (Phi) is 5.41. The van der Waals surface area contributed by atoms with Crippen LogP contribution in [0.1, 0.15) is 26.7 Å². The third kappa shape index (κ3) is 3.73. The van der Waals surface area contributed by atoms with Crippen molar-refractivity contribution in [1.29, 1.82) is 0 Å². The van der Waals surface area contributed by atoms with Crippen LogP contribution in [0, 0.1) is 5.92 Å². The second-order valence-corrected chi connectivity index (χ2v) is 5.25. The fraction of sp³-hybridized carbons (Fsp3) is 0.562. The van der Waals surface area contributed by atoms with E-state index in [-0.39, 0.29) is 11.8 Å². The molecule has 1 aliphatic rings. The maximum atomic E-state index is 12.1. The molecule has 1 saturated heterocycles. The minimum atomic E-state index is 0.103. The summed E-state index contributed by atoms with van der Waals surface area (Å²) in [4.78, 5) is 14.4. The van der Waals surface area contributed by atoms with E-state index in [0.29, 0.717) is 0 Å². The molecule has 4 nitrogen and oxygen atoms in total. The number of hydrogen-bond acceptors (Lipinski definition) is 3. The van der Waals surface area contributed by atoms with Gasteiger partial charge < -0.3 is 15.5 Å². The molecular weight excluding hydrogens is 250 g/mol. The average Bonchev–Trinajstić information content (AvgIpc) is 2.51. The van der Waals surface area contributed by atoms with E-state index >= 15 is 0 Å². The molecule has 110 valence electrons. The summed E-state index contributed by atoms with van der Waals surface area (Å²) in [6.07, 6.45) is 2.06. The van der Waals surface area contributed by atoms with E-state index in [2.05, 4.69) is 41.5 Å². The van der Waals surface area contributed by atoms with Crippen LogP contribution >= 0.6 is 0 Å². The second kappa shape index (κ2) is 7.29. The minimum Gasteiger partial charge on any atom is -0.372 e. The number of carbonyl (C=O) groups is 1. The van der Waals surface area contributed by atoms with E-state index in [1.807, 2.05) is 12.1 Å². The van der Waals surface area contributed by atoms with Gasteiger partial charge in [0, 0.05) is 31.0 Å². The third-order valence-electron chi connectivity index (χ3n) is 3.93. The smallest absolute Gasteiger partial charge is 0.228 e. The van der Waals surface area contributed by atoms with Crippen LogP contribution in [0.4, 0.5) is 11.4 Å². The molecule has 0 saturated carbocycles. The van der Waals surface area contributed by atoms with Crippen LogP contribution in [-0.2, 0) is 4.79 Å². The zero-order chi connectivity index (χ0) is 14.4. The summed E-state index contributed by atoms with van der Waals surface area (Å²) < 4.78 is 0. The highest BCUT2D eigenvalue weighted by molar-refractivity contribution is 5.92. The van der Waals surface area contributed by atoms with E-state index in [9.17, 15) is 4.79 Å². The van der Waals surface area contributed by atoms with E-state index in [1.165, 1.54) is 5.69 Å². The van der Waals surface area contributed by atoms with Gasteiger partial charge in [0.15, 0.2) is 0 Å². The number of amides is 1.